The van der Waals surface area contributed by atoms with Crippen LogP contribution in [0, 0.1) is 0 Å². The number of fused-ring (bicyclic) bond motifs is 2. The van der Waals surface area contributed by atoms with Gasteiger partial charge in [-0.3, -0.25) is 0 Å². The van der Waals surface area contributed by atoms with Crippen LogP contribution in [-0.4, -0.2) is 17.2 Å². The zero-order chi connectivity index (χ0) is 30.0. The fraction of sp³-hybridized carbons (Fsp3) is 0.632. The van der Waals surface area contributed by atoms with Gasteiger partial charge < -0.3 is 10.0 Å². The van der Waals surface area contributed by atoms with E-state index < -0.39 is 7.12 Å². The second-order valence-electron chi connectivity index (χ2n) is 12.8. The third-order valence-corrected chi connectivity index (χ3v) is 9.79. The Balaban J connectivity index is 1.60. The Morgan fingerprint density at radius 1 is 0.452 bits per heavy atom. The summed E-state index contributed by atoms with van der Waals surface area (Å²) >= 11 is 3.53. The van der Waals surface area contributed by atoms with Gasteiger partial charge in [-0.1, -0.05) is 164 Å². The summed E-state index contributed by atoms with van der Waals surface area (Å²) in [6, 6.07) is 13.3. The molecule has 0 fully saturated rings. The van der Waals surface area contributed by atoms with E-state index in [0.29, 0.717) is 5.46 Å². The molecular formula is C38H58BBrO2. The largest absolute Gasteiger partial charge is 0.489 e. The van der Waals surface area contributed by atoms with Crippen LogP contribution in [0.1, 0.15) is 153 Å². The maximum atomic E-state index is 9.80. The van der Waals surface area contributed by atoms with Crippen molar-refractivity contribution in [3.63, 3.8) is 0 Å². The first kappa shape index (κ1) is 35.1. The van der Waals surface area contributed by atoms with Gasteiger partial charge in [-0.05, 0) is 82.0 Å². The predicted octanol–water partition coefficient (Wildman–Crippen LogP) is 11.4. The molecule has 3 rings (SSSR count). The molecule has 0 aliphatic carbocycles. The molecule has 3 aromatic carbocycles. The Labute approximate surface area is 266 Å². The van der Waals surface area contributed by atoms with Crippen LogP contribution >= 0.6 is 15.9 Å². The zero-order valence-corrected chi connectivity index (χ0v) is 28.5. The molecule has 2 N–H and O–H groups in total. The monoisotopic (exact) mass is 636 g/mol. The van der Waals surface area contributed by atoms with Gasteiger partial charge in [-0.15, -0.1) is 0 Å². The number of benzene rings is 3. The predicted molar refractivity (Wildman–Crippen MR) is 190 cm³/mol. The van der Waals surface area contributed by atoms with Gasteiger partial charge in [-0.25, -0.2) is 0 Å². The molecule has 42 heavy (non-hydrogen) atoms. The zero-order valence-electron chi connectivity index (χ0n) is 26.9. The van der Waals surface area contributed by atoms with E-state index in [0.717, 1.165) is 15.2 Å². The van der Waals surface area contributed by atoms with Gasteiger partial charge >= 0.3 is 7.12 Å². The van der Waals surface area contributed by atoms with E-state index in [1.54, 1.807) is 5.56 Å². The number of hydrogen-bond donors (Lipinski definition) is 2. The Bertz CT molecular complexity index is 1170. The summed E-state index contributed by atoms with van der Waals surface area (Å²) in [5.74, 6) is 0. The Morgan fingerprint density at radius 3 is 1.17 bits per heavy atom. The number of halogens is 1. The van der Waals surface area contributed by atoms with Gasteiger partial charge in [0.15, 0.2) is 0 Å². The summed E-state index contributed by atoms with van der Waals surface area (Å²) in [5.41, 5.74) is 3.58. The van der Waals surface area contributed by atoms with Gasteiger partial charge in [0.2, 0.25) is 0 Å². The molecule has 0 aliphatic rings. The molecule has 0 unspecified atom stereocenters. The molecule has 0 heterocycles. The highest BCUT2D eigenvalue weighted by Crippen LogP contribution is 2.29. The highest BCUT2D eigenvalue weighted by Gasteiger charge is 2.16. The molecule has 0 bridgehead atoms. The summed E-state index contributed by atoms with van der Waals surface area (Å²) < 4.78 is 0.743. The smallest absolute Gasteiger partial charge is 0.423 e. The van der Waals surface area contributed by atoms with Crippen molar-refractivity contribution in [2.75, 3.05) is 0 Å². The normalized spacial score (nSPS) is 11.6. The highest BCUT2D eigenvalue weighted by molar-refractivity contribution is 9.10. The lowest BCUT2D eigenvalue weighted by molar-refractivity contribution is 0.425. The fourth-order valence-electron chi connectivity index (χ4n) is 6.45. The molecule has 0 aliphatic heterocycles. The van der Waals surface area contributed by atoms with Crippen molar-refractivity contribution >= 4 is 50.1 Å². The van der Waals surface area contributed by atoms with Crippen molar-refractivity contribution in [1.29, 1.82) is 0 Å². The summed E-state index contributed by atoms with van der Waals surface area (Å²) in [5, 5.41) is 24.3. The molecule has 0 aromatic heterocycles. The van der Waals surface area contributed by atoms with Gasteiger partial charge in [0.05, 0.1) is 0 Å². The van der Waals surface area contributed by atoms with E-state index in [1.165, 1.54) is 158 Å². The second-order valence-corrected chi connectivity index (χ2v) is 13.6. The van der Waals surface area contributed by atoms with Crippen LogP contribution in [0.25, 0.3) is 21.5 Å². The van der Waals surface area contributed by atoms with E-state index in [1.807, 2.05) is 12.1 Å². The van der Waals surface area contributed by atoms with Crippen LogP contribution in [0.2, 0.25) is 0 Å². The molecule has 232 valence electrons. The number of aryl methyl sites for hydroxylation is 2. The van der Waals surface area contributed by atoms with Gasteiger partial charge in [0.1, 0.15) is 0 Å². The number of hydrogen-bond acceptors (Lipinski definition) is 2. The van der Waals surface area contributed by atoms with Crippen LogP contribution in [-0.2, 0) is 12.8 Å². The minimum Gasteiger partial charge on any atom is -0.423 e. The molecule has 0 atom stereocenters. The van der Waals surface area contributed by atoms with Crippen LogP contribution in [0.3, 0.4) is 0 Å². The van der Waals surface area contributed by atoms with Crippen molar-refractivity contribution < 1.29 is 10.0 Å². The Kier molecular flexibility index (Phi) is 17.2. The van der Waals surface area contributed by atoms with Crippen LogP contribution in [0.5, 0.6) is 0 Å². The summed E-state index contributed by atoms with van der Waals surface area (Å²) in [6.45, 7) is 4.58. The van der Waals surface area contributed by atoms with Crippen molar-refractivity contribution in [2.24, 2.45) is 0 Å². The topological polar surface area (TPSA) is 40.5 Å². The molecule has 4 heteroatoms. The number of rotatable bonds is 23. The van der Waals surface area contributed by atoms with Gasteiger partial charge in [0, 0.05) is 4.47 Å². The van der Waals surface area contributed by atoms with Gasteiger partial charge in [0.25, 0.3) is 0 Å². The summed E-state index contributed by atoms with van der Waals surface area (Å²) in [6.07, 6.45) is 29.8. The SMILES string of the molecule is CCCCCCCCCCCCc1cc2cc3cc(Br)c(B(O)O)cc3cc2cc1CCCCCCCCCCCC. The molecule has 0 saturated heterocycles. The third-order valence-electron chi connectivity index (χ3n) is 9.11. The van der Waals surface area contributed by atoms with Crippen molar-refractivity contribution in [3.05, 3.63) is 52.0 Å². The summed E-state index contributed by atoms with van der Waals surface area (Å²) in [7, 11) is -1.48. The summed E-state index contributed by atoms with van der Waals surface area (Å²) in [4.78, 5) is 0. The minimum absolute atomic E-state index is 0.519. The van der Waals surface area contributed by atoms with E-state index in [2.05, 4.69) is 54.0 Å². The highest BCUT2D eigenvalue weighted by atomic mass is 79.9. The fourth-order valence-corrected chi connectivity index (χ4v) is 7.02. The maximum absolute atomic E-state index is 9.80. The molecule has 3 aromatic rings. The van der Waals surface area contributed by atoms with Gasteiger partial charge in [-0.2, -0.15) is 0 Å². The maximum Gasteiger partial charge on any atom is 0.489 e. The molecule has 2 nitrogen and oxygen atoms in total. The van der Waals surface area contributed by atoms with E-state index in [9.17, 15) is 10.0 Å². The molecule has 0 amide bonds. The van der Waals surface area contributed by atoms with Crippen molar-refractivity contribution in [2.45, 2.75) is 155 Å². The van der Waals surface area contributed by atoms with Crippen molar-refractivity contribution in [1.82, 2.24) is 0 Å². The quantitative estimate of drug-likeness (QED) is 0.0617. The minimum atomic E-state index is -1.48. The van der Waals surface area contributed by atoms with E-state index >= 15 is 0 Å². The Hall–Kier alpha value is -1.36. The second kappa shape index (κ2) is 20.6. The first-order chi connectivity index (χ1) is 20.5. The molecule has 0 saturated carbocycles. The lowest BCUT2D eigenvalue weighted by Crippen LogP contribution is -2.30. The molecular weight excluding hydrogens is 579 g/mol. The van der Waals surface area contributed by atoms with Crippen LogP contribution in [0.4, 0.5) is 0 Å². The third kappa shape index (κ3) is 12.3. The van der Waals surface area contributed by atoms with Crippen molar-refractivity contribution in [3.8, 4) is 0 Å². The lowest BCUT2D eigenvalue weighted by Gasteiger charge is -2.14. The molecule has 0 spiro atoms. The number of unbranched alkanes of at least 4 members (excludes halogenated alkanes) is 18. The van der Waals surface area contributed by atoms with Crippen LogP contribution in [0.15, 0.2) is 40.9 Å². The molecule has 0 radical (unpaired) electrons. The first-order valence-electron chi connectivity index (χ1n) is 17.6. The standard InChI is InChI=1S/C38H58BBrO2/c1-3-5-7-9-11-13-15-17-19-21-23-31-25-33-27-35-29-37(39(41)42)38(40)30-36(35)28-34(33)26-32(31)24-22-20-18-16-14-12-10-8-6-4-2/h25-30,41-42H,3-24H2,1-2H3. The van der Waals surface area contributed by atoms with E-state index in [-0.39, 0.29) is 0 Å². The average Bonchev–Trinajstić information content (AvgIpc) is 2.97. The first-order valence-corrected chi connectivity index (χ1v) is 18.4. The van der Waals surface area contributed by atoms with Crippen LogP contribution < -0.4 is 5.46 Å². The lowest BCUT2D eigenvalue weighted by atomic mass is 9.79. The van der Waals surface area contributed by atoms with E-state index in [4.69, 9.17) is 0 Å². The average molecular weight is 638 g/mol. The Morgan fingerprint density at radius 2 is 0.786 bits per heavy atom.